The van der Waals surface area contributed by atoms with Crippen LogP contribution in [-0.4, -0.2) is 29.0 Å². The van der Waals surface area contributed by atoms with Crippen LogP contribution in [0, 0.1) is 6.92 Å². The molecule has 3 aromatic rings. The quantitative estimate of drug-likeness (QED) is 0.388. The highest BCUT2D eigenvalue weighted by Crippen LogP contribution is 2.45. The van der Waals surface area contributed by atoms with Gasteiger partial charge in [0.05, 0.1) is 18.4 Å². The van der Waals surface area contributed by atoms with Gasteiger partial charge in [-0.15, -0.1) is 0 Å². The minimum Gasteiger partial charge on any atom is -0.507 e. The van der Waals surface area contributed by atoms with Crippen LogP contribution in [-0.2, 0) is 9.59 Å². The minimum absolute atomic E-state index is 0.122. The zero-order chi connectivity index (χ0) is 21.4. The number of aliphatic hydroxyl groups excluding tert-OH is 1. The highest BCUT2D eigenvalue weighted by Gasteiger charge is 2.49. The average molecular weight is 405 g/mol. The lowest BCUT2D eigenvalue weighted by Gasteiger charge is -2.24. The van der Waals surface area contributed by atoms with Crippen molar-refractivity contribution < 1.29 is 29.0 Å². The standard InChI is InChI=1S/C23H19NO6/c1-13-7-12-18(30-13)20-19(21(26)14-8-10-15(29-2)11-9-14)22(27)23(28)24(20)16-5-3-4-6-17(16)25/h3-12,20,25-26H,1-2H3/b21-19-. The molecule has 1 aliphatic heterocycles. The molecule has 0 aliphatic carbocycles. The first-order chi connectivity index (χ1) is 14.4. The molecule has 1 atom stereocenters. The first kappa shape index (κ1) is 19.3. The number of benzene rings is 2. The summed E-state index contributed by atoms with van der Waals surface area (Å²) in [7, 11) is 1.52. The van der Waals surface area contributed by atoms with Crippen LogP contribution in [0.3, 0.4) is 0 Å². The van der Waals surface area contributed by atoms with Crippen molar-refractivity contribution in [2.24, 2.45) is 0 Å². The zero-order valence-electron chi connectivity index (χ0n) is 16.3. The summed E-state index contributed by atoms with van der Waals surface area (Å²) in [5.74, 6) is -0.789. The number of Topliss-reactive ketones (excluding diaryl/α,β-unsaturated/α-hetero) is 1. The number of anilines is 1. The molecule has 0 bridgehead atoms. The Kier molecular flexibility index (Phi) is 4.79. The molecule has 0 spiro atoms. The molecule has 1 aliphatic rings. The maximum absolute atomic E-state index is 13.0. The van der Waals surface area contributed by atoms with Gasteiger partial charge >= 0.3 is 0 Å². The van der Waals surface area contributed by atoms with Gasteiger partial charge in [0.1, 0.15) is 34.8 Å². The minimum atomic E-state index is -1.03. The molecule has 2 heterocycles. The lowest BCUT2D eigenvalue weighted by Crippen LogP contribution is -2.29. The van der Waals surface area contributed by atoms with Crippen molar-refractivity contribution in [2.45, 2.75) is 13.0 Å². The van der Waals surface area contributed by atoms with Gasteiger partial charge in [0, 0.05) is 5.56 Å². The second kappa shape index (κ2) is 7.44. The van der Waals surface area contributed by atoms with E-state index in [-0.39, 0.29) is 22.8 Å². The average Bonchev–Trinajstić information content (AvgIpc) is 3.29. The predicted octanol–water partition coefficient (Wildman–Crippen LogP) is 3.93. The first-order valence-corrected chi connectivity index (χ1v) is 9.22. The fourth-order valence-electron chi connectivity index (χ4n) is 3.52. The number of aliphatic hydroxyl groups is 1. The monoisotopic (exact) mass is 405 g/mol. The van der Waals surface area contributed by atoms with Crippen molar-refractivity contribution in [3.8, 4) is 11.5 Å². The number of furan rings is 1. The molecular formula is C23H19NO6. The number of hydrogen-bond acceptors (Lipinski definition) is 6. The van der Waals surface area contributed by atoms with E-state index in [4.69, 9.17) is 9.15 Å². The van der Waals surface area contributed by atoms with Gasteiger partial charge in [-0.3, -0.25) is 14.5 Å². The lowest BCUT2D eigenvalue weighted by molar-refractivity contribution is -0.132. The smallest absolute Gasteiger partial charge is 0.300 e. The summed E-state index contributed by atoms with van der Waals surface area (Å²) in [6.07, 6.45) is 0. The van der Waals surface area contributed by atoms with Gasteiger partial charge in [-0.05, 0) is 55.5 Å². The summed E-state index contributed by atoms with van der Waals surface area (Å²) in [6, 6.07) is 15.0. The molecule has 0 saturated carbocycles. The van der Waals surface area contributed by atoms with Gasteiger partial charge in [0.25, 0.3) is 11.7 Å². The number of phenols is 1. The SMILES string of the molecule is COc1ccc(/C(O)=C2/C(=O)C(=O)N(c3ccccc3O)C2c2ccc(C)o2)cc1. The topological polar surface area (TPSA) is 100 Å². The molecule has 1 fully saturated rings. The Balaban J connectivity index is 1.93. The number of aromatic hydroxyl groups is 1. The van der Waals surface area contributed by atoms with Crippen LogP contribution < -0.4 is 9.64 Å². The van der Waals surface area contributed by atoms with E-state index in [0.717, 1.165) is 4.90 Å². The van der Waals surface area contributed by atoms with Crippen LogP contribution in [0.15, 0.2) is 70.7 Å². The van der Waals surface area contributed by atoms with E-state index in [0.29, 0.717) is 22.8 Å². The Morgan fingerprint density at radius 1 is 1.03 bits per heavy atom. The number of aryl methyl sites for hydroxylation is 1. The number of para-hydroxylation sites is 2. The number of ether oxygens (including phenoxy) is 1. The molecule has 1 aromatic heterocycles. The number of methoxy groups -OCH3 is 1. The maximum atomic E-state index is 13.0. The summed E-state index contributed by atoms with van der Waals surface area (Å²) in [5.41, 5.74) is 0.370. The van der Waals surface area contributed by atoms with Crippen LogP contribution in [0.4, 0.5) is 5.69 Å². The molecule has 1 saturated heterocycles. The Labute approximate surface area is 172 Å². The second-order valence-electron chi connectivity index (χ2n) is 6.83. The predicted molar refractivity (Wildman–Crippen MR) is 109 cm³/mol. The molecule has 152 valence electrons. The van der Waals surface area contributed by atoms with E-state index in [1.807, 2.05) is 0 Å². The van der Waals surface area contributed by atoms with E-state index >= 15 is 0 Å². The fourth-order valence-corrected chi connectivity index (χ4v) is 3.52. The summed E-state index contributed by atoms with van der Waals surface area (Å²) < 4.78 is 10.8. The van der Waals surface area contributed by atoms with Crippen LogP contribution >= 0.6 is 0 Å². The number of ketones is 1. The van der Waals surface area contributed by atoms with Crippen molar-refractivity contribution in [1.29, 1.82) is 0 Å². The Bertz CT molecular complexity index is 1160. The zero-order valence-corrected chi connectivity index (χ0v) is 16.3. The maximum Gasteiger partial charge on any atom is 0.300 e. The summed E-state index contributed by atoms with van der Waals surface area (Å²) >= 11 is 0. The van der Waals surface area contributed by atoms with Gasteiger partial charge in [-0.1, -0.05) is 12.1 Å². The largest absolute Gasteiger partial charge is 0.507 e. The molecule has 7 nitrogen and oxygen atoms in total. The van der Waals surface area contributed by atoms with Crippen molar-refractivity contribution in [3.63, 3.8) is 0 Å². The molecular weight excluding hydrogens is 386 g/mol. The van der Waals surface area contributed by atoms with Gasteiger partial charge in [0.2, 0.25) is 0 Å². The molecule has 1 amide bonds. The number of rotatable bonds is 4. The Morgan fingerprint density at radius 3 is 2.33 bits per heavy atom. The highest BCUT2D eigenvalue weighted by molar-refractivity contribution is 6.51. The number of amides is 1. The number of phenolic OH excluding ortho intramolecular Hbond substituents is 1. The van der Waals surface area contributed by atoms with Gasteiger partial charge in [-0.2, -0.15) is 0 Å². The van der Waals surface area contributed by atoms with Gasteiger partial charge in [0.15, 0.2) is 0 Å². The highest BCUT2D eigenvalue weighted by atomic mass is 16.5. The van der Waals surface area contributed by atoms with Crippen molar-refractivity contribution in [3.05, 3.63) is 83.3 Å². The first-order valence-electron chi connectivity index (χ1n) is 9.22. The summed E-state index contributed by atoms with van der Waals surface area (Å²) in [6.45, 7) is 1.74. The van der Waals surface area contributed by atoms with Crippen LogP contribution in [0.2, 0.25) is 0 Å². The molecule has 2 N–H and O–H groups in total. The fraction of sp³-hybridized carbons (Fsp3) is 0.130. The molecule has 2 aromatic carbocycles. The lowest BCUT2D eigenvalue weighted by atomic mass is 9.99. The summed E-state index contributed by atoms with van der Waals surface area (Å²) in [4.78, 5) is 27.1. The number of carbonyl (C=O) groups is 2. The number of carbonyl (C=O) groups excluding carboxylic acids is 2. The summed E-state index contributed by atoms with van der Waals surface area (Å²) in [5, 5.41) is 21.3. The van der Waals surface area contributed by atoms with E-state index < -0.39 is 17.7 Å². The molecule has 4 rings (SSSR count). The third-order valence-corrected chi connectivity index (χ3v) is 4.98. The molecule has 7 heteroatoms. The second-order valence-corrected chi connectivity index (χ2v) is 6.83. The van der Waals surface area contributed by atoms with Crippen molar-refractivity contribution >= 4 is 23.1 Å². The third-order valence-electron chi connectivity index (χ3n) is 4.98. The van der Waals surface area contributed by atoms with E-state index in [1.165, 1.54) is 19.2 Å². The van der Waals surface area contributed by atoms with E-state index in [1.54, 1.807) is 55.5 Å². The molecule has 0 radical (unpaired) electrons. The Morgan fingerprint density at radius 2 is 1.73 bits per heavy atom. The van der Waals surface area contributed by atoms with Crippen LogP contribution in [0.1, 0.15) is 23.1 Å². The van der Waals surface area contributed by atoms with Crippen LogP contribution in [0.5, 0.6) is 11.5 Å². The number of hydrogen-bond donors (Lipinski definition) is 2. The van der Waals surface area contributed by atoms with Gasteiger partial charge < -0.3 is 19.4 Å². The van der Waals surface area contributed by atoms with E-state index in [2.05, 4.69) is 0 Å². The van der Waals surface area contributed by atoms with E-state index in [9.17, 15) is 19.8 Å². The van der Waals surface area contributed by atoms with Gasteiger partial charge in [-0.25, -0.2) is 0 Å². The Hall–Kier alpha value is -4.00. The number of nitrogens with zero attached hydrogens (tertiary/aromatic N) is 1. The van der Waals surface area contributed by atoms with Crippen molar-refractivity contribution in [2.75, 3.05) is 12.0 Å². The van der Waals surface area contributed by atoms with Crippen LogP contribution in [0.25, 0.3) is 5.76 Å². The molecule has 1 unspecified atom stereocenters. The third kappa shape index (κ3) is 3.10. The molecule has 30 heavy (non-hydrogen) atoms. The van der Waals surface area contributed by atoms with Crippen molar-refractivity contribution in [1.82, 2.24) is 0 Å². The normalized spacial score (nSPS) is 18.1.